The van der Waals surface area contributed by atoms with Gasteiger partial charge in [0.05, 0.1) is 32.3 Å². The zero-order valence-electron chi connectivity index (χ0n) is 27.4. The second-order valence-electron chi connectivity index (χ2n) is 12.1. The lowest BCUT2D eigenvalue weighted by Gasteiger charge is -2.31. The molecule has 1 heterocycles. The van der Waals surface area contributed by atoms with Gasteiger partial charge in [-0.25, -0.2) is 4.98 Å². The minimum absolute atomic E-state index is 0.227. The summed E-state index contributed by atoms with van der Waals surface area (Å²) in [6.45, 7) is 8.69. The van der Waals surface area contributed by atoms with Crippen molar-refractivity contribution in [3.63, 3.8) is 0 Å². The van der Waals surface area contributed by atoms with E-state index in [1.165, 1.54) is 19.1 Å². The van der Waals surface area contributed by atoms with Gasteiger partial charge in [0.1, 0.15) is 12.1 Å². The number of carbonyl (C=O) groups is 3. The molecule has 1 atom stereocenters. The molecule has 3 aromatic carbocycles. The summed E-state index contributed by atoms with van der Waals surface area (Å²) >= 11 is 0. The number of hydrogen-bond donors (Lipinski definition) is 1. The molecule has 0 radical (unpaired) electrons. The van der Waals surface area contributed by atoms with Crippen LogP contribution in [0.1, 0.15) is 52.5 Å². The van der Waals surface area contributed by atoms with Crippen LogP contribution in [0, 0.1) is 0 Å². The molecule has 4 aromatic rings. The van der Waals surface area contributed by atoms with Gasteiger partial charge in [-0.15, -0.1) is 0 Å². The van der Waals surface area contributed by atoms with Gasteiger partial charge in [0, 0.05) is 23.5 Å². The van der Waals surface area contributed by atoms with E-state index in [1.807, 2.05) is 80.7 Å². The third kappa shape index (κ3) is 8.53. The van der Waals surface area contributed by atoms with Crippen molar-refractivity contribution in [1.82, 2.24) is 14.5 Å². The van der Waals surface area contributed by atoms with Crippen LogP contribution < -0.4 is 14.8 Å². The van der Waals surface area contributed by atoms with Gasteiger partial charge in [-0.3, -0.25) is 24.3 Å². The lowest BCUT2D eigenvalue weighted by atomic mass is 9.93. The number of carbonyl (C=O) groups excluding carboxylic acids is 3. The highest BCUT2D eigenvalue weighted by Crippen LogP contribution is 2.34. The molecule has 0 saturated carbocycles. The fraction of sp³-hybridized carbons (Fsp3) is 0.333. The average molecular weight is 627 g/mol. The van der Waals surface area contributed by atoms with Crippen molar-refractivity contribution in [1.29, 1.82) is 0 Å². The molecule has 1 N–H and O–H groups in total. The zero-order valence-corrected chi connectivity index (χ0v) is 27.4. The van der Waals surface area contributed by atoms with E-state index >= 15 is 0 Å². The van der Waals surface area contributed by atoms with Crippen LogP contribution in [0.4, 0.5) is 5.95 Å². The largest absolute Gasteiger partial charge is 0.493 e. The maximum atomic E-state index is 14.3. The summed E-state index contributed by atoms with van der Waals surface area (Å²) in [5, 5.41) is 2.91. The molecule has 0 aliphatic carbocycles. The SMILES string of the molecule is COc1ccc(C(CC(=O)OC(C)(C)C)C(=O)N(CC(=O)Nc2nc(-c3ccccc3)cn2-c2ccccc2)C(C)C)cc1OC. The number of anilines is 1. The summed E-state index contributed by atoms with van der Waals surface area (Å²) in [6, 6.07) is 23.9. The van der Waals surface area contributed by atoms with Gasteiger partial charge in [-0.05, 0) is 64.4 Å². The summed E-state index contributed by atoms with van der Waals surface area (Å²) in [5.41, 5.74) is 2.19. The minimum atomic E-state index is -0.944. The van der Waals surface area contributed by atoms with Crippen LogP contribution in [0.3, 0.4) is 0 Å². The van der Waals surface area contributed by atoms with Gasteiger partial charge in [0.2, 0.25) is 17.8 Å². The standard InChI is InChI=1S/C36H42N4O6/c1-24(2)39(34(43)28(21-33(42)46-36(3,4)5)26-18-19-30(44-6)31(20-26)45-7)23-32(41)38-35-37-29(25-14-10-8-11-15-25)22-40(35)27-16-12-9-13-17-27/h8-20,22,24,28H,21,23H2,1-7H3,(H,37,38,41). The number of nitrogens with one attached hydrogen (secondary N) is 1. The number of aromatic nitrogens is 2. The molecule has 0 fully saturated rings. The predicted octanol–water partition coefficient (Wildman–Crippen LogP) is 6.25. The van der Waals surface area contributed by atoms with Gasteiger partial charge in [-0.1, -0.05) is 54.6 Å². The molecule has 0 aliphatic heterocycles. The maximum Gasteiger partial charge on any atom is 0.307 e. The van der Waals surface area contributed by atoms with Crippen molar-refractivity contribution in [2.75, 3.05) is 26.1 Å². The van der Waals surface area contributed by atoms with Gasteiger partial charge >= 0.3 is 5.97 Å². The summed E-state index contributed by atoms with van der Waals surface area (Å²) < 4.78 is 18.2. The molecular formula is C36H42N4O6. The number of hydrogen-bond acceptors (Lipinski definition) is 7. The van der Waals surface area contributed by atoms with E-state index in [1.54, 1.807) is 43.5 Å². The molecule has 46 heavy (non-hydrogen) atoms. The molecule has 1 unspecified atom stereocenters. The Hall–Kier alpha value is -5.12. The van der Waals surface area contributed by atoms with E-state index in [0.29, 0.717) is 28.7 Å². The van der Waals surface area contributed by atoms with Gasteiger partial charge in [0.15, 0.2) is 11.5 Å². The Morgan fingerprint density at radius 3 is 2.11 bits per heavy atom. The fourth-order valence-electron chi connectivity index (χ4n) is 5.00. The Morgan fingerprint density at radius 2 is 1.52 bits per heavy atom. The van der Waals surface area contributed by atoms with E-state index in [2.05, 4.69) is 5.32 Å². The maximum absolute atomic E-state index is 14.3. The van der Waals surface area contributed by atoms with Crippen LogP contribution in [0.15, 0.2) is 85.1 Å². The van der Waals surface area contributed by atoms with Gasteiger partial charge < -0.3 is 19.1 Å². The van der Waals surface area contributed by atoms with Crippen molar-refractivity contribution in [3.8, 4) is 28.4 Å². The van der Waals surface area contributed by atoms with Crippen molar-refractivity contribution < 1.29 is 28.6 Å². The second kappa shape index (κ2) is 14.8. The van der Waals surface area contributed by atoms with Gasteiger partial charge in [-0.2, -0.15) is 0 Å². The van der Waals surface area contributed by atoms with Crippen molar-refractivity contribution in [2.24, 2.45) is 0 Å². The van der Waals surface area contributed by atoms with Crippen LogP contribution in [0.2, 0.25) is 0 Å². The summed E-state index contributed by atoms with van der Waals surface area (Å²) in [6.07, 6.45) is 1.63. The van der Waals surface area contributed by atoms with E-state index in [-0.39, 0.29) is 19.0 Å². The van der Waals surface area contributed by atoms with Crippen LogP contribution in [-0.2, 0) is 19.1 Å². The molecule has 10 nitrogen and oxygen atoms in total. The highest BCUT2D eigenvalue weighted by atomic mass is 16.6. The molecule has 2 amide bonds. The number of imidazole rings is 1. The van der Waals surface area contributed by atoms with E-state index in [4.69, 9.17) is 19.2 Å². The van der Waals surface area contributed by atoms with Crippen LogP contribution in [-0.4, -0.2) is 64.6 Å². The third-order valence-corrected chi connectivity index (χ3v) is 7.18. The van der Waals surface area contributed by atoms with Crippen LogP contribution >= 0.6 is 0 Å². The molecule has 10 heteroatoms. The molecule has 4 rings (SSSR count). The number of amides is 2. The smallest absolute Gasteiger partial charge is 0.307 e. The number of rotatable bonds is 12. The number of para-hydroxylation sites is 1. The van der Waals surface area contributed by atoms with Crippen molar-refractivity contribution in [2.45, 2.75) is 58.6 Å². The van der Waals surface area contributed by atoms with Crippen molar-refractivity contribution >= 4 is 23.7 Å². The predicted molar refractivity (Wildman–Crippen MR) is 177 cm³/mol. The lowest BCUT2D eigenvalue weighted by Crippen LogP contribution is -2.45. The van der Waals surface area contributed by atoms with Gasteiger partial charge in [0.25, 0.3) is 0 Å². The van der Waals surface area contributed by atoms with Crippen molar-refractivity contribution in [3.05, 3.63) is 90.6 Å². The fourth-order valence-corrected chi connectivity index (χ4v) is 5.00. The number of benzene rings is 3. The zero-order chi connectivity index (χ0) is 33.4. The minimum Gasteiger partial charge on any atom is -0.493 e. The first-order valence-corrected chi connectivity index (χ1v) is 15.1. The Labute approximate surface area is 270 Å². The first kappa shape index (κ1) is 33.8. The van der Waals surface area contributed by atoms with E-state index < -0.39 is 29.3 Å². The van der Waals surface area contributed by atoms with Crippen LogP contribution in [0.5, 0.6) is 11.5 Å². The number of nitrogens with zero attached hydrogens (tertiary/aromatic N) is 3. The molecule has 0 aliphatic rings. The average Bonchev–Trinajstić information content (AvgIpc) is 3.45. The summed E-state index contributed by atoms with van der Waals surface area (Å²) in [7, 11) is 3.02. The highest BCUT2D eigenvalue weighted by molar-refractivity contribution is 5.96. The Morgan fingerprint density at radius 1 is 0.891 bits per heavy atom. The highest BCUT2D eigenvalue weighted by Gasteiger charge is 2.33. The molecule has 0 bridgehead atoms. The van der Waals surface area contributed by atoms with Crippen LogP contribution in [0.25, 0.3) is 16.9 Å². The Bertz CT molecular complexity index is 1640. The number of methoxy groups -OCH3 is 2. The third-order valence-electron chi connectivity index (χ3n) is 7.18. The van der Waals surface area contributed by atoms with E-state index in [9.17, 15) is 14.4 Å². The first-order valence-electron chi connectivity index (χ1n) is 15.1. The monoisotopic (exact) mass is 626 g/mol. The lowest BCUT2D eigenvalue weighted by molar-refractivity contribution is -0.157. The normalized spacial score (nSPS) is 11.9. The number of ether oxygens (including phenoxy) is 3. The Balaban J connectivity index is 1.64. The topological polar surface area (TPSA) is 112 Å². The number of esters is 1. The quantitative estimate of drug-likeness (QED) is 0.185. The first-order chi connectivity index (χ1) is 21.9. The summed E-state index contributed by atoms with van der Waals surface area (Å²) in [4.78, 5) is 47.1. The summed E-state index contributed by atoms with van der Waals surface area (Å²) in [5.74, 6) is -1.10. The molecule has 0 spiro atoms. The molecule has 1 aromatic heterocycles. The molecule has 0 saturated heterocycles. The second-order valence-corrected chi connectivity index (χ2v) is 12.1. The Kier molecular flexibility index (Phi) is 10.8. The molecular weight excluding hydrogens is 584 g/mol. The van der Waals surface area contributed by atoms with E-state index in [0.717, 1.165) is 11.3 Å². The molecule has 242 valence electrons.